The van der Waals surface area contributed by atoms with E-state index in [1.165, 1.54) is 32.8 Å². The zero-order chi connectivity index (χ0) is 26.4. The number of halogens is 1. The highest BCUT2D eigenvalue weighted by Gasteiger charge is 2.33. The summed E-state index contributed by atoms with van der Waals surface area (Å²) >= 11 is 14.1. The van der Waals surface area contributed by atoms with Gasteiger partial charge in [-0.05, 0) is 66.6 Å². The molecule has 0 atom stereocenters. The fraction of sp³-hybridized carbons (Fsp3) is 0.111. The normalized spacial score (nSPS) is 15.7. The Hall–Kier alpha value is -3.31. The van der Waals surface area contributed by atoms with E-state index in [0.29, 0.717) is 42.0 Å². The number of rotatable bonds is 5. The van der Waals surface area contributed by atoms with Gasteiger partial charge in [0.05, 0.1) is 17.0 Å². The van der Waals surface area contributed by atoms with Crippen molar-refractivity contribution in [1.82, 2.24) is 14.3 Å². The van der Waals surface area contributed by atoms with Gasteiger partial charge in [0.15, 0.2) is 11.5 Å². The number of fused-ring (bicyclic) bond motifs is 2. The second kappa shape index (κ2) is 10.1. The lowest BCUT2D eigenvalue weighted by atomic mass is 10.2. The lowest BCUT2D eigenvalue weighted by molar-refractivity contribution is -0.122. The third-order valence-electron chi connectivity index (χ3n) is 5.93. The molecular weight excluding hydrogens is 562 g/mol. The molecule has 1 fully saturated rings. The van der Waals surface area contributed by atoms with Crippen molar-refractivity contribution in [2.45, 2.75) is 23.4 Å². The minimum Gasteiger partial charge on any atom is -0.454 e. The van der Waals surface area contributed by atoms with Crippen molar-refractivity contribution in [3.63, 3.8) is 0 Å². The first-order valence-electron chi connectivity index (χ1n) is 11.5. The zero-order valence-corrected chi connectivity index (χ0v) is 23.0. The number of pyridine rings is 1. The maximum atomic E-state index is 13.7. The van der Waals surface area contributed by atoms with Crippen molar-refractivity contribution >= 4 is 69.3 Å². The summed E-state index contributed by atoms with van der Waals surface area (Å²) in [6, 6.07) is 16.5. The molecule has 2 aliphatic rings. The summed E-state index contributed by atoms with van der Waals surface area (Å²) in [5.74, 6) is 1.04. The van der Waals surface area contributed by atoms with Crippen LogP contribution in [-0.4, -0.2) is 31.3 Å². The van der Waals surface area contributed by atoms with Gasteiger partial charge in [-0.15, -0.1) is 0 Å². The number of hydrogen-bond acceptors (Lipinski definition) is 8. The number of hydrogen-bond donors (Lipinski definition) is 0. The SMILES string of the molecule is Cc1ccc2nc(Sc3ccc(Cl)cc3)c(/C=C3/SC(=S)N(Cc4ccc5c(c4)OCO5)C3=O)c(=O)n2c1. The molecule has 0 unspecified atom stereocenters. The highest BCUT2D eigenvalue weighted by molar-refractivity contribution is 8.26. The summed E-state index contributed by atoms with van der Waals surface area (Å²) in [7, 11) is 0. The van der Waals surface area contributed by atoms with E-state index in [1.54, 1.807) is 30.5 Å². The Morgan fingerprint density at radius 3 is 2.71 bits per heavy atom. The molecule has 0 saturated carbocycles. The van der Waals surface area contributed by atoms with E-state index in [1.807, 2.05) is 43.3 Å². The average molecular weight is 580 g/mol. The van der Waals surface area contributed by atoms with Crippen molar-refractivity contribution in [3.05, 3.63) is 97.8 Å². The highest BCUT2D eigenvalue weighted by atomic mass is 35.5. The van der Waals surface area contributed by atoms with Crippen LogP contribution in [0.3, 0.4) is 0 Å². The van der Waals surface area contributed by atoms with Gasteiger partial charge in [-0.2, -0.15) is 0 Å². The molecule has 2 aromatic heterocycles. The van der Waals surface area contributed by atoms with Crippen LogP contribution in [0.25, 0.3) is 11.7 Å². The number of thiocarbonyl (C=S) groups is 1. The summed E-state index contributed by atoms with van der Waals surface area (Å²) < 4.78 is 12.7. The van der Waals surface area contributed by atoms with Gasteiger partial charge < -0.3 is 9.47 Å². The quantitative estimate of drug-likeness (QED) is 0.163. The molecule has 6 rings (SSSR count). The fourth-order valence-electron chi connectivity index (χ4n) is 4.04. The lowest BCUT2D eigenvalue weighted by Gasteiger charge is -2.14. The van der Waals surface area contributed by atoms with Crippen LogP contribution in [0.2, 0.25) is 5.02 Å². The molecule has 1 amide bonds. The molecule has 1 saturated heterocycles. The Morgan fingerprint density at radius 2 is 1.89 bits per heavy atom. The van der Waals surface area contributed by atoms with Gasteiger partial charge in [0.2, 0.25) is 6.79 Å². The second-order valence-electron chi connectivity index (χ2n) is 8.58. The molecule has 4 heterocycles. The van der Waals surface area contributed by atoms with Crippen LogP contribution in [0.4, 0.5) is 0 Å². The summed E-state index contributed by atoms with van der Waals surface area (Å²) in [5.41, 5.74) is 2.34. The van der Waals surface area contributed by atoms with Gasteiger partial charge in [0, 0.05) is 16.1 Å². The van der Waals surface area contributed by atoms with Gasteiger partial charge in [-0.25, -0.2) is 4.98 Å². The van der Waals surface area contributed by atoms with Crippen LogP contribution < -0.4 is 15.0 Å². The first-order valence-corrected chi connectivity index (χ1v) is 13.9. The van der Waals surface area contributed by atoms with Crippen molar-refractivity contribution in [1.29, 1.82) is 0 Å². The second-order valence-corrected chi connectivity index (χ2v) is 11.8. The van der Waals surface area contributed by atoms with Crippen LogP contribution in [0.15, 0.2) is 80.4 Å². The maximum absolute atomic E-state index is 13.7. The number of benzene rings is 2. The number of aromatic nitrogens is 2. The molecule has 38 heavy (non-hydrogen) atoms. The largest absolute Gasteiger partial charge is 0.454 e. The number of carbonyl (C=O) groups excluding carboxylic acids is 1. The van der Waals surface area contributed by atoms with E-state index >= 15 is 0 Å². The number of aryl methyl sites for hydroxylation is 1. The monoisotopic (exact) mass is 579 g/mol. The minimum absolute atomic E-state index is 0.174. The van der Waals surface area contributed by atoms with Crippen LogP contribution in [0, 0.1) is 6.92 Å². The van der Waals surface area contributed by atoms with Crippen molar-refractivity contribution < 1.29 is 14.3 Å². The highest BCUT2D eigenvalue weighted by Crippen LogP contribution is 2.37. The molecule has 4 aromatic rings. The summed E-state index contributed by atoms with van der Waals surface area (Å²) in [4.78, 5) is 34.6. The van der Waals surface area contributed by atoms with Gasteiger partial charge in [-0.1, -0.05) is 59.5 Å². The van der Waals surface area contributed by atoms with Crippen LogP contribution in [0.5, 0.6) is 11.5 Å². The van der Waals surface area contributed by atoms with Crippen LogP contribution in [0.1, 0.15) is 16.7 Å². The standard InChI is InChI=1S/C27H18ClN3O4S3/c1-15-2-9-23-29-24(37-18-6-4-17(28)5-7-18)19(25(32)30(23)12-15)11-22-26(33)31(27(36)38-22)13-16-3-8-20-21(10-16)35-14-34-20/h2-12H,13-14H2,1H3/b22-11+. The molecule has 0 bridgehead atoms. The van der Waals surface area contributed by atoms with Crippen LogP contribution >= 0.6 is 47.3 Å². The van der Waals surface area contributed by atoms with Crippen molar-refractivity contribution in [2.75, 3.05) is 6.79 Å². The van der Waals surface area contributed by atoms with Gasteiger partial charge in [-0.3, -0.25) is 18.9 Å². The Labute approximate surface area is 236 Å². The molecular formula is C27H18ClN3O4S3. The molecule has 190 valence electrons. The van der Waals surface area contributed by atoms with Gasteiger partial charge in [0.25, 0.3) is 11.5 Å². The Kier molecular flexibility index (Phi) is 6.65. The van der Waals surface area contributed by atoms with E-state index < -0.39 is 0 Å². The van der Waals surface area contributed by atoms with Crippen molar-refractivity contribution in [3.8, 4) is 11.5 Å². The first kappa shape index (κ1) is 25.0. The number of thioether (sulfide) groups is 1. The Balaban J connectivity index is 1.38. The Morgan fingerprint density at radius 1 is 1.11 bits per heavy atom. The number of carbonyl (C=O) groups is 1. The summed E-state index contributed by atoms with van der Waals surface area (Å²) in [5, 5.41) is 1.10. The van der Waals surface area contributed by atoms with E-state index in [-0.39, 0.29) is 24.8 Å². The predicted molar refractivity (Wildman–Crippen MR) is 153 cm³/mol. The van der Waals surface area contributed by atoms with E-state index in [9.17, 15) is 9.59 Å². The topological polar surface area (TPSA) is 73.1 Å². The summed E-state index contributed by atoms with van der Waals surface area (Å²) in [6.45, 7) is 2.36. The van der Waals surface area contributed by atoms with E-state index in [4.69, 9.17) is 38.3 Å². The Bertz CT molecular complexity index is 1720. The van der Waals surface area contributed by atoms with Crippen LogP contribution in [-0.2, 0) is 11.3 Å². The molecule has 0 aliphatic carbocycles. The van der Waals surface area contributed by atoms with Gasteiger partial charge in [0.1, 0.15) is 15.0 Å². The fourth-order valence-corrected chi connectivity index (χ4v) is 6.30. The van der Waals surface area contributed by atoms with Gasteiger partial charge >= 0.3 is 0 Å². The molecule has 0 spiro atoms. The molecule has 2 aliphatic heterocycles. The summed E-state index contributed by atoms with van der Waals surface area (Å²) in [6.07, 6.45) is 3.34. The lowest BCUT2D eigenvalue weighted by Crippen LogP contribution is -2.27. The molecule has 11 heteroatoms. The third kappa shape index (κ3) is 4.80. The maximum Gasteiger partial charge on any atom is 0.266 e. The third-order valence-corrected chi connectivity index (χ3v) is 8.57. The molecule has 2 aromatic carbocycles. The number of nitrogens with zero attached hydrogens (tertiary/aromatic N) is 3. The van der Waals surface area contributed by atoms with E-state index in [0.717, 1.165) is 16.0 Å². The smallest absolute Gasteiger partial charge is 0.266 e. The zero-order valence-electron chi connectivity index (χ0n) is 19.8. The average Bonchev–Trinajstić information content (AvgIpc) is 3.47. The van der Waals surface area contributed by atoms with E-state index in [2.05, 4.69) is 0 Å². The van der Waals surface area contributed by atoms with Crippen molar-refractivity contribution in [2.24, 2.45) is 0 Å². The molecule has 0 radical (unpaired) electrons. The molecule has 0 N–H and O–H groups in total. The number of amides is 1. The number of ether oxygens (including phenoxy) is 2. The molecule has 7 nitrogen and oxygen atoms in total. The predicted octanol–water partition coefficient (Wildman–Crippen LogP) is 5.94. The first-order chi connectivity index (χ1) is 18.4. The minimum atomic E-state index is -0.270.